The minimum atomic E-state index is -0.553. The van der Waals surface area contributed by atoms with Crippen molar-refractivity contribution in [2.75, 3.05) is 27.9 Å². The van der Waals surface area contributed by atoms with Gasteiger partial charge in [-0.2, -0.15) is 0 Å². The number of ether oxygens (including phenoxy) is 4. The molecule has 1 aromatic carbocycles. The molecular formula is C17H23N3O7S. The maximum absolute atomic E-state index is 12.3. The third-order valence-electron chi connectivity index (χ3n) is 3.33. The van der Waals surface area contributed by atoms with Crippen LogP contribution in [0.25, 0.3) is 0 Å². The largest absolute Gasteiger partial charge is 0.493 e. The fourth-order valence-corrected chi connectivity index (χ4v) is 2.23. The molecule has 154 valence electrons. The van der Waals surface area contributed by atoms with E-state index in [9.17, 15) is 14.4 Å². The van der Waals surface area contributed by atoms with Crippen molar-refractivity contribution in [2.24, 2.45) is 0 Å². The summed E-state index contributed by atoms with van der Waals surface area (Å²) in [5.41, 5.74) is 4.95. The van der Waals surface area contributed by atoms with Gasteiger partial charge in [-0.05, 0) is 31.3 Å². The minimum absolute atomic E-state index is 0.0694. The monoisotopic (exact) mass is 413 g/mol. The molecule has 1 rings (SSSR count). The smallest absolute Gasteiger partial charge is 0.306 e. The predicted octanol–water partition coefficient (Wildman–Crippen LogP) is 0.691. The highest BCUT2D eigenvalue weighted by atomic mass is 32.1. The molecule has 0 aromatic heterocycles. The Morgan fingerprint density at radius 1 is 0.964 bits per heavy atom. The number of esters is 1. The van der Waals surface area contributed by atoms with Crippen LogP contribution in [0.5, 0.6) is 17.2 Å². The Balaban J connectivity index is 2.61. The molecule has 10 nitrogen and oxygen atoms in total. The second-order valence-electron chi connectivity index (χ2n) is 5.18. The summed E-state index contributed by atoms with van der Waals surface area (Å²) in [6.45, 7) is 1.92. The molecule has 2 amide bonds. The number of benzene rings is 1. The van der Waals surface area contributed by atoms with Crippen LogP contribution in [-0.2, 0) is 14.3 Å². The summed E-state index contributed by atoms with van der Waals surface area (Å²) in [5, 5.41) is 2.21. The van der Waals surface area contributed by atoms with Gasteiger partial charge in [-0.3, -0.25) is 25.2 Å². The van der Waals surface area contributed by atoms with Crippen molar-refractivity contribution in [1.29, 1.82) is 0 Å². The van der Waals surface area contributed by atoms with Crippen molar-refractivity contribution in [1.82, 2.24) is 16.2 Å². The number of hydrazine groups is 1. The molecule has 1 aromatic rings. The van der Waals surface area contributed by atoms with E-state index in [1.54, 1.807) is 6.92 Å². The number of hydrogen-bond acceptors (Lipinski definition) is 8. The van der Waals surface area contributed by atoms with Gasteiger partial charge in [0, 0.05) is 12.0 Å². The summed E-state index contributed by atoms with van der Waals surface area (Å²) < 4.78 is 20.3. The Kier molecular flexibility index (Phi) is 9.51. The number of thiocarbonyl (C=S) groups is 1. The summed E-state index contributed by atoms with van der Waals surface area (Å²) in [6, 6.07) is 2.92. The van der Waals surface area contributed by atoms with Gasteiger partial charge < -0.3 is 24.3 Å². The molecule has 0 bridgehead atoms. The summed E-state index contributed by atoms with van der Waals surface area (Å²) in [7, 11) is 4.31. The number of amides is 2. The van der Waals surface area contributed by atoms with Crippen LogP contribution in [0.2, 0.25) is 0 Å². The van der Waals surface area contributed by atoms with E-state index in [1.807, 2.05) is 0 Å². The SMILES string of the molecule is CCOC(=O)CCC(=O)NC(=S)NNC(=O)c1cc(OC)c(OC)c(OC)c1. The first-order valence-electron chi connectivity index (χ1n) is 8.22. The zero-order valence-corrected chi connectivity index (χ0v) is 16.9. The van der Waals surface area contributed by atoms with Gasteiger partial charge >= 0.3 is 5.97 Å². The second kappa shape index (κ2) is 11.6. The van der Waals surface area contributed by atoms with Gasteiger partial charge in [0.05, 0.1) is 34.4 Å². The van der Waals surface area contributed by atoms with Crippen molar-refractivity contribution in [2.45, 2.75) is 19.8 Å². The topological polar surface area (TPSA) is 124 Å². The molecule has 0 aliphatic carbocycles. The standard InChI is InChI=1S/C17H23N3O7S/c1-5-27-14(22)7-6-13(21)18-17(28)20-19-16(23)10-8-11(24-2)15(26-4)12(9-10)25-3/h8-9H,5-7H2,1-4H3,(H,19,23)(H2,18,20,21,28). The number of nitrogens with one attached hydrogen (secondary N) is 3. The highest BCUT2D eigenvalue weighted by molar-refractivity contribution is 7.80. The number of methoxy groups -OCH3 is 3. The van der Waals surface area contributed by atoms with Gasteiger partial charge in [-0.15, -0.1) is 0 Å². The first-order valence-corrected chi connectivity index (χ1v) is 8.62. The first-order chi connectivity index (χ1) is 13.4. The summed E-state index contributed by atoms with van der Waals surface area (Å²) in [4.78, 5) is 35.2. The van der Waals surface area contributed by atoms with Crippen LogP contribution in [0.15, 0.2) is 12.1 Å². The molecule has 0 aliphatic heterocycles. The lowest BCUT2D eigenvalue weighted by atomic mass is 10.1. The van der Waals surface area contributed by atoms with Crippen LogP contribution < -0.4 is 30.4 Å². The zero-order valence-electron chi connectivity index (χ0n) is 16.0. The average Bonchev–Trinajstić information content (AvgIpc) is 2.69. The molecule has 0 atom stereocenters. The number of rotatable bonds is 8. The molecular weight excluding hydrogens is 390 g/mol. The van der Waals surface area contributed by atoms with Gasteiger partial charge in [0.25, 0.3) is 5.91 Å². The molecule has 11 heteroatoms. The molecule has 0 fully saturated rings. The minimum Gasteiger partial charge on any atom is -0.493 e. The fraction of sp³-hybridized carbons (Fsp3) is 0.412. The van der Waals surface area contributed by atoms with Crippen molar-refractivity contribution < 1.29 is 33.3 Å². The average molecular weight is 413 g/mol. The molecule has 28 heavy (non-hydrogen) atoms. The Bertz CT molecular complexity index is 714. The predicted molar refractivity (Wildman–Crippen MR) is 103 cm³/mol. The van der Waals surface area contributed by atoms with Crippen molar-refractivity contribution in [3.8, 4) is 17.2 Å². The van der Waals surface area contributed by atoms with Gasteiger partial charge in [0.15, 0.2) is 16.6 Å². The Labute approximate surface area is 167 Å². The highest BCUT2D eigenvalue weighted by Crippen LogP contribution is 2.38. The van der Waals surface area contributed by atoms with Gasteiger partial charge in [0.2, 0.25) is 11.7 Å². The van der Waals surface area contributed by atoms with Crippen molar-refractivity contribution >= 4 is 35.1 Å². The van der Waals surface area contributed by atoms with E-state index in [0.717, 1.165) is 0 Å². The lowest BCUT2D eigenvalue weighted by Gasteiger charge is -2.15. The molecule has 0 spiro atoms. The van der Waals surface area contributed by atoms with Crippen molar-refractivity contribution in [3.63, 3.8) is 0 Å². The second-order valence-corrected chi connectivity index (χ2v) is 5.58. The molecule has 0 unspecified atom stereocenters. The molecule has 0 radical (unpaired) electrons. The number of carbonyl (C=O) groups is 3. The molecule has 0 aliphatic rings. The lowest BCUT2D eigenvalue weighted by Crippen LogP contribution is -2.48. The van der Waals surface area contributed by atoms with Crippen LogP contribution in [0.4, 0.5) is 0 Å². The van der Waals surface area contributed by atoms with Gasteiger partial charge in [-0.25, -0.2) is 0 Å². The maximum atomic E-state index is 12.3. The van der Waals surface area contributed by atoms with Crippen LogP contribution in [0, 0.1) is 0 Å². The summed E-state index contributed by atoms with van der Waals surface area (Å²) in [5.74, 6) is -0.565. The Morgan fingerprint density at radius 3 is 2.07 bits per heavy atom. The van der Waals surface area contributed by atoms with Crippen LogP contribution >= 0.6 is 12.2 Å². The fourth-order valence-electron chi connectivity index (χ4n) is 2.07. The van der Waals surface area contributed by atoms with E-state index in [1.165, 1.54) is 33.5 Å². The number of hydrogen-bond donors (Lipinski definition) is 3. The van der Waals surface area contributed by atoms with Crippen LogP contribution in [0.3, 0.4) is 0 Å². The maximum Gasteiger partial charge on any atom is 0.306 e. The summed E-state index contributed by atoms with van der Waals surface area (Å²) in [6.07, 6.45) is -0.165. The van der Waals surface area contributed by atoms with E-state index in [-0.39, 0.29) is 30.1 Å². The third kappa shape index (κ3) is 6.91. The van der Waals surface area contributed by atoms with E-state index in [2.05, 4.69) is 16.2 Å². The zero-order chi connectivity index (χ0) is 21.1. The normalized spacial score (nSPS) is 9.71. The third-order valence-corrected chi connectivity index (χ3v) is 3.54. The lowest BCUT2D eigenvalue weighted by molar-refractivity contribution is -0.144. The summed E-state index contributed by atoms with van der Waals surface area (Å²) >= 11 is 4.92. The van der Waals surface area contributed by atoms with E-state index in [0.29, 0.717) is 17.2 Å². The van der Waals surface area contributed by atoms with E-state index < -0.39 is 17.8 Å². The van der Waals surface area contributed by atoms with Gasteiger partial charge in [0.1, 0.15) is 0 Å². The van der Waals surface area contributed by atoms with E-state index >= 15 is 0 Å². The first kappa shape index (κ1) is 23.0. The van der Waals surface area contributed by atoms with Gasteiger partial charge in [-0.1, -0.05) is 0 Å². The Morgan fingerprint density at radius 2 is 1.57 bits per heavy atom. The molecule has 0 heterocycles. The highest BCUT2D eigenvalue weighted by Gasteiger charge is 2.17. The van der Waals surface area contributed by atoms with Crippen molar-refractivity contribution in [3.05, 3.63) is 17.7 Å². The molecule has 0 saturated heterocycles. The quantitative estimate of drug-likeness (QED) is 0.321. The molecule has 3 N–H and O–H groups in total. The van der Waals surface area contributed by atoms with E-state index in [4.69, 9.17) is 31.2 Å². The van der Waals surface area contributed by atoms with Crippen LogP contribution in [-0.4, -0.2) is 50.8 Å². The Hall–Kier alpha value is -3.08. The van der Waals surface area contributed by atoms with Crippen LogP contribution in [0.1, 0.15) is 30.1 Å². The number of carbonyl (C=O) groups excluding carboxylic acids is 3. The molecule has 0 saturated carbocycles.